The molecule has 0 amide bonds. The van der Waals surface area contributed by atoms with E-state index in [-0.39, 0.29) is 0 Å². The van der Waals surface area contributed by atoms with Crippen LogP contribution in [0.15, 0.2) is 6.07 Å². The Morgan fingerprint density at radius 2 is 2.05 bits per heavy atom. The lowest BCUT2D eigenvalue weighted by molar-refractivity contribution is 0.178. The van der Waals surface area contributed by atoms with Crippen LogP contribution in [0.2, 0.25) is 0 Å². The number of hydrogen-bond donors (Lipinski definition) is 3. The number of anilines is 2. The SMILES string of the molecule is CCc1cc2c(NN3CCN(C)CC3)nc(NN)nc2s1. The second-order valence-corrected chi connectivity index (χ2v) is 6.34. The van der Waals surface area contributed by atoms with Crippen LogP contribution in [0.3, 0.4) is 0 Å². The number of rotatable bonds is 4. The van der Waals surface area contributed by atoms with E-state index in [1.807, 2.05) is 0 Å². The predicted octanol–water partition coefficient (Wildman–Crippen LogP) is 1.11. The maximum atomic E-state index is 5.48. The normalized spacial score (nSPS) is 17.3. The smallest absolute Gasteiger partial charge is 0.240 e. The molecule has 0 atom stereocenters. The third kappa shape index (κ3) is 3.08. The Hall–Kier alpha value is -1.48. The fraction of sp³-hybridized carbons (Fsp3) is 0.538. The van der Waals surface area contributed by atoms with Crippen molar-refractivity contribution >= 4 is 33.3 Å². The van der Waals surface area contributed by atoms with Gasteiger partial charge in [0.25, 0.3) is 0 Å². The highest BCUT2D eigenvalue weighted by molar-refractivity contribution is 7.18. The molecule has 114 valence electrons. The molecule has 0 aliphatic carbocycles. The number of likely N-dealkylation sites (N-methyl/N-ethyl adjacent to an activating group) is 1. The summed E-state index contributed by atoms with van der Waals surface area (Å²) in [6.45, 7) is 6.18. The van der Waals surface area contributed by atoms with Crippen LogP contribution in [0, 0.1) is 0 Å². The van der Waals surface area contributed by atoms with Gasteiger partial charge < -0.3 is 10.3 Å². The Labute approximate surface area is 128 Å². The number of hydrogen-bond acceptors (Lipinski definition) is 8. The summed E-state index contributed by atoms with van der Waals surface area (Å²) >= 11 is 1.69. The van der Waals surface area contributed by atoms with Crippen molar-refractivity contribution in [3.05, 3.63) is 10.9 Å². The molecule has 8 heteroatoms. The van der Waals surface area contributed by atoms with Crippen LogP contribution >= 0.6 is 11.3 Å². The van der Waals surface area contributed by atoms with E-state index in [2.05, 4.69) is 50.8 Å². The largest absolute Gasteiger partial charge is 0.304 e. The third-order valence-electron chi connectivity index (χ3n) is 3.69. The summed E-state index contributed by atoms with van der Waals surface area (Å²) in [4.78, 5) is 13.5. The van der Waals surface area contributed by atoms with Crippen LogP contribution in [0.25, 0.3) is 10.2 Å². The van der Waals surface area contributed by atoms with Crippen molar-refractivity contribution in [2.75, 3.05) is 44.1 Å². The topological polar surface area (TPSA) is 82.3 Å². The van der Waals surface area contributed by atoms with Crippen molar-refractivity contribution in [1.29, 1.82) is 0 Å². The molecule has 0 saturated carbocycles. The Bertz CT molecular complexity index is 618. The lowest BCUT2D eigenvalue weighted by Crippen LogP contribution is -2.47. The van der Waals surface area contributed by atoms with E-state index in [9.17, 15) is 0 Å². The molecule has 0 bridgehead atoms. The van der Waals surface area contributed by atoms with Gasteiger partial charge in [-0.15, -0.1) is 11.3 Å². The first-order valence-corrected chi connectivity index (χ1v) is 7.98. The zero-order valence-corrected chi connectivity index (χ0v) is 13.2. The minimum atomic E-state index is 0.448. The summed E-state index contributed by atoms with van der Waals surface area (Å²) in [6, 6.07) is 2.17. The summed E-state index contributed by atoms with van der Waals surface area (Å²) < 4.78 is 0. The van der Waals surface area contributed by atoms with Crippen LogP contribution in [0.4, 0.5) is 11.8 Å². The average Bonchev–Trinajstić information content (AvgIpc) is 2.92. The van der Waals surface area contributed by atoms with Crippen molar-refractivity contribution < 1.29 is 0 Å². The molecule has 1 saturated heterocycles. The molecule has 3 rings (SSSR count). The molecule has 2 aromatic heterocycles. The van der Waals surface area contributed by atoms with Gasteiger partial charge in [-0.3, -0.25) is 5.43 Å². The monoisotopic (exact) mass is 307 g/mol. The molecule has 0 aromatic carbocycles. The number of piperazine rings is 1. The molecule has 0 spiro atoms. The van der Waals surface area contributed by atoms with Gasteiger partial charge >= 0.3 is 0 Å². The highest BCUT2D eigenvalue weighted by atomic mass is 32.1. The summed E-state index contributed by atoms with van der Waals surface area (Å²) in [5.74, 6) is 6.76. The van der Waals surface area contributed by atoms with Crippen LogP contribution in [-0.4, -0.2) is 53.1 Å². The molecule has 0 radical (unpaired) electrons. The Kier molecular flexibility index (Phi) is 4.20. The Morgan fingerprint density at radius 3 is 2.71 bits per heavy atom. The highest BCUT2D eigenvalue weighted by Gasteiger charge is 2.17. The maximum absolute atomic E-state index is 5.48. The maximum Gasteiger partial charge on any atom is 0.240 e. The minimum Gasteiger partial charge on any atom is -0.304 e. The molecule has 0 unspecified atom stereocenters. The first kappa shape index (κ1) is 14.5. The molecule has 2 aromatic rings. The molecule has 3 heterocycles. The van der Waals surface area contributed by atoms with Gasteiger partial charge in [-0.25, -0.2) is 15.8 Å². The van der Waals surface area contributed by atoms with Gasteiger partial charge in [0.05, 0.1) is 5.39 Å². The number of thiophene rings is 1. The highest BCUT2D eigenvalue weighted by Crippen LogP contribution is 2.30. The fourth-order valence-electron chi connectivity index (χ4n) is 2.36. The second kappa shape index (κ2) is 6.10. The zero-order chi connectivity index (χ0) is 14.8. The average molecular weight is 307 g/mol. The summed E-state index contributed by atoms with van der Waals surface area (Å²) in [5.41, 5.74) is 5.97. The van der Waals surface area contributed by atoms with Crippen LogP contribution < -0.4 is 16.7 Å². The summed E-state index contributed by atoms with van der Waals surface area (Å²) in [6.07, 6.45) is 1.00. The number of hydrazine groups is 2. The molecular weight excluding hydrogens is 286 g/mol. The number of nitrogens with zero attached hydrogens (tertiary/aromatic N) is 4. The first-order valence-electron chi connectivity index (χ1n) is 7.17. The lowest BCUT2D eigenvalue weighted by Gasteiger charge is -2.32. The standard InChI is InChI=1S/C13H21N7S/c1-3-9-8-10-11(15-13(17-14)16-12(10)21-9)18-20-6-4-19(2)5-7-20/h8H,3-7,14H2,1-2H3,(H2,15,16,17,18). The molecule has 1 fully saturated rings. The van der Waals surface area contributed by atoms with E-state index >= 15 is 0 Å². The van der Waals surface area contributed by atoms with Gasteiger partial charge in [-0.05, 0) is 19.5 Å². The van der Waals surface area contributed by atoms with Crippen molar-refractivity contribution in [2.24, 2.45) is 5.84 Å². The van der Waals surface area contributed by atoms with Crippen LogP contribution in [-0.2, 0) is 6.42 Å². The molecule has 7 nitrogen and oxygen atoms in total. The predicted molar refractivity (Wildman–Crippen MR) is 87.3 cm³/mol. The van der Waals surface area contributed by atoms with Crippen molar-refractivity contribution in [3.63, 3.8) is 0 Å². The number of fused-ring (bicyclic) bond motifs is 1. The Morgan fingerprint density at radius 1 is 1.29 bits per heavy atom. The quantitative estimate of drug-likeness (QED) is 0.576. The van der Waals surface area contributed by atoms with Crippen LogP contribution in [0.1, 0.15) is 11.8 Å². The lowest BCUT2D eigenvalue weighted by atomic mass is 10.3. The van der Waals surface area contributed by atoms with E-state index < -0.39 is 0 Å². The van der Waals surface area contributed by atoms with E-state index in [1.54, 1.807) is 11.3 Å². The molecular formula is C13H21N7S. The van der Waals surface area contributed by atoms with Crippen molar-refractivity contribution in [1.82, 2.24) is 19.9 Å². The second-order valence-electron chi connectivity index (χ2n) is 5.23. The van der Waals surface area contributed by atoms with Gasteiger partial charge in [0.1, 0.15) is 4.83 Å². The molecule has 21 heavy (non-hydrogen) atoms. The van der Waals surface area contributed by atoms with E-state index in [4.69, 9.17) is 5.84 Å². The summed E-state index contributed by atoms with van der Waals surface area (Å²) in [5, 5.41) is 3.26. The van der Waals surface area contributed by atoms with Gasteiger partial charge in [0, 0.05) is 31.1 Å². The minimum absolute atomic E-state index is 0.448. The Balaban J connectivity index is 1.90. The van der Waals surface area contributed by atoms with Crippen LogP contribution in [0.5, 0.6) is 0 Å². The molecule has 4 N–H and O–H groups in total. The van der Waals surface area contributed by atoms with Gasteiger partial charge in [-0.2, -0.15) is 4.98 Å². The van der Waals surface area contributed by atoms with Crippen molar-refractivity contribution in [3.8, 4) is 0 Å². The number of nitrogen functional groups attached to an aromatic ring is 1. The number of nitrogens with one attached hydrogen (secondary N) is 2. The number of aryl methyl sites for hydroxylation is 1. The first-order chi connectivity index (χ1) is 10.2. The van der Waals surface area contributed by atoms with Gasteiger partial charge in [-0.1, -0.05) is 6.92 Å². The van der Waals surface area contributed by atoms with Gasteiger partial charge in [0.2, 0.25) is 5.95 Å². The zero-order valence-electron chi connectivity index (χ0n) is 12.4. The fourth-order valence-corrected chi connectivity index (χ4v) is 3.33. The van der Waals surface area contributed by atoms with Crippen molar-refractivity contribution in [2.45, 2.75) is 13.3 Å². The van der Waals surface area contributed by atoms with E-state index in [0.29, 0.717) is 5.95 Å². The number of nitrogens with two attached hydrogens (primary N) is 1. The van der Waals surface area contributed by atoms with E-state index in [1.165, 1.54) is 4.88 Å². The number of aromatic nitrogens is 2. The third-order valence-corrected chi connectivity index (χ3v) is 4.86. The summed E-state index contributed by atoms with van der Waals surface area (Å²) in [7, 11) is 2.14. The van der Waals surface area contributed by atoms with Gasteiger partial charge in [0.15, 0.2) is 5.82 Å². The molecule has 1 aliphatic heterocycles. The molecule has 1 aliphatic rings. The van der Waals surface area contributed by atoms with E-state index in [0.717, 1.165) is 48.6 Å².